The highest BCUT2D eigenvalue weighted by molar-refractivity contribution is 6.46. The van der Waals surface area contributed by atoms with Gasteiger partial charge in [-0.05, 0) is 24.3 Å². The first kappa shape index (κ1) is 18.8. The third-order valence-electron chi connectivity index (χ3n) is 2.90. The van der Waals surface area contributed by atoms with Crippen LogP contribution in [-0.2, 0) is 9.53 Å². The van der Waals surface area contributed by atoms with Crippen LogP contribution < -0.4 is 11.1 Å². The van der Waals surface area contributed by atoms with Gasteiger partial charge in [0.1, 0.15) is 5.02 Å². The van der Waals surface area contributed by atoms with Crippen molar-refractivity contribution in [3.63, 3.8) is 0 Å². The number of hydrogen-bond donors (Lipinski definition) is 2. The number of aromatic nitrogens is 1. The van der Waals surface area contributed by atoms with Gasteiger partial charge in [-0.15, -0.1) is 0 Å². The van der Waals surface area contributed by atoms with Gasteiger partial charge in [-0.25, -0.2) is 9.78 Å². The molecule has 25 heavy (non-hydrogen) atoms. The van der Waals surface area contributed by atoms with E-state index in [2.05, 4.69) is 10.3 Å². The Bertz CT molecular complexity index is 879. The predicted molar refractivity (Wildman–Crippen MR) is 93.7 cm³/mol. The Kier molecular flexibility index (Phi) is 6.04. The van der Waals surface area contributed by atoms with Gasteiger partial charge in [-0.1, -0.05) is 34.8 Å². The molecule has 128 valence electrons. The number of nitrogen functional groups attached to an aromatic ring is 1. The number of rotatable bonds is 4. The molecule has 1 heterocycles. The van der Waals surface area contributed by atoms with Crippen molar-refractivity contribution < 1.29 is 14.3 Å². The molecule has 7 nitrogen and oxygen atoms in total. The highest BCUT2D eigenvalue weighted by Crippen LogP contribution is 2.34. The van der Waals surface area contributed by atoms with E-state index in [1.165, 1.54) is 24.3 Å². The molecule has 2 rings (SSSR count). The Morgan fingerprint density at radius 3 is 2.44 bits per heavy atom. The number of pyridine rings is 1. The number of carbonyl (C=O) groups is 2. The molecule has 0 radical (unpaired) electrons. The van der Waals surface area contributed by atoms with Gasteiger partial charge in [0.05, 0.1) is 22.3 Å². The lowest BCUT2D eigenvalue weighted by atomic mass is 10.2. The number of anilines is 2. The Labute approximate surface area is 157 Å². The fourth-order valence-electron chi connectivity index (χ4n) is 1.69. The molecule has 10 heteroatoms. The van der Waals surface area contributed by atoms with Gasteiger partial charge in [0.15, 0.2) is 17.5 Å². The number of esters is 1. The second-order valence-electron chi connectivity index (χ2n) is 4.61. The van der Waals surface area contributed by atoms with Crippen LogP contribution in [0.5, 0.6) is 0 Å². The van der Waals surface area contributed by atoms with E-state index >= 15 is 0 Å². The summed E-state index contributed by atoms with van der Waals surface area (Å²) in [6.07, 6.45) is 0. The van der Waals surface area contributed by atoms with Crippen molar-refractivity contribution in [2.45, 2.75) is 0 Å². The highest BCUT2D eigenvalue weighted by Gasteiger charge is 2.21. The molecule has 0 atom stereocenters. The average Bonchev–Trinajstić information content (AvgIpc) is 2.61. The van der Waals surface area contributed by atoms with Crippen molar-refractivity contribution in [1.82, 2.24) is 4.98 Å². The van der Waals surface area contributed by atoms with Crippen LogP contribution >= 0.6 is 34.8 Å². The van der Waals surface area contributed by atoms with Gasteiger partial charge >= 0.3 is 5.97 Å². The standard InChI is InChI=1S/C15H9Cl3N4O3/c16-10-12(20)11(17)14(18)22-13(10)15(24)25-6-9(23)21-8-3-1-7(5-19)2-4-8/h1-4H,6H2,(H2,20,22)(H,21,23). The third kappa shape index (κ3) is 4.51. The number of nitrogens with zero attached hydrogens (tertiary/aromatic N) is 2. The lowest BCUT2D eigenvalue weighted by molar-refractivity contribution is -0.119. The normalized spacial score (nSPS) is 10.0. The summed E-state index contributed by atoms with van der Waals surface area (Å²) in [5.41, 5.74) is 6.03. The van der Waals surface area contributed by atoms with Crippen molar-refractivity contribution in [2.24, 2.45) is 0 Å². The maximum absolute atomic E-state index is 12.0. The highest BCUT2D eigenvalue weighted by atomic mass is 35.5. The zero-order valence-electron chi connectivity index (χ0n) is 12.3. The number of benzene rings is 1. The lowest BCUT2D eigenvalue weighted by Gasteiger charge is -2.09. The van der Waals surface area contributed by atoms with Gasteiger partial charge in [0.25, 0.3) is 5.91 Å². The minimum atomic E-state index is -0.981. The van der Waals surface area contributed by atoms with Gasteiger partial charge in [0.2, 0.25) is 0 Å². The Hall–Kier alpha value is -2.53. The molecule has 0 saturated heterocycles. The summed E-state index contributed by atoms with van der Waals surface area (Å²) in [6, 6.07) is 8.09. The molecule has 0 unspecified atom stereocenters. The molecule has 0 saturated carbocycles. The third-order valence-corrected chi connectivity index (χ3v) is 4.03. The summed E-state index contributed by atoms with van der Waals surface area (Å²) in [7, 11) is 0. The minimum Gasteiger partial charge on any atom is -0.451 e. The van der Waals surface area contributed by atoms with Crippen LogP contribution in [0.15, 0.2) is 24.3 Å². The van der Waals surface area contributed by atoms with E-state index in [0.717, 1.165) is 0 Å². The Morgan fingerprint density at radius 1 is 1.20 bits per heavy atom. The second kappa shape index (κ2) is 8.03. The van der Waals surface area contributed by atoms with E-state index in [4.69, 9.17) is 50.5 Å². The van der Waals surface area contributed by atoms with E-state index < -0.39 is 18.5 Å². The molecular formula is C15H9Cl3N4O3. The molecular weight excluding hydrogens is 391 g/mol. The van der Waals surface area contributed by atoms with Crippen LogP contribution in [-0.4, -0.2) is 23.5 Å². The maximum atomic E-state index is 12.0. The largest absolute Gasteiger partial charge is 0.451 e. The van der Waals surface area contributed by atoms with Crippen molar-refractivity contribution in [1.29, 1.82) is 5.26 Å². The van der Waals surface area contributed by atoms with E-state index in [-0.39, 0.29) is 26.6 Å². The van der Waals surface area contributed by atoms with Gasteiger partial charge < -0.3 is 15.8 Å². The molecule has 0 bridgehead atoms. The number of nitrogens with one attached hydrogen (secondary N) is 1. The molecule has 1 amide bonds. The number of halogens is 3. The van der Waals surface area contributed by atoms with Crippen LogP contribution in [0.3, 0.4) is 0 Å². The Morgan fingerprint density at radius 2 is 1.84 bits per heavy atom. The summed E-state index contributed by atoms with van der Waals surface area (Å²) in [6.45, 7) is -0.586. The first-order chi connectivity index (χ1) is 11.8. The SMILES string of the molecule is N#Cc1ccc(NC(=O)COC(=O)c2nc(Cl)c(Cl)c(N)c2Cl)cc1. The van der Waals surface area contributed by atoms with Crippen LogP contribution in [0.25, 0.3) is 0 Å². The quantitative estimate of drug-likeness (QED) is 0.601. The van der Waals surface area contributed by atoms with Gasteiger partial charge in [0, 0.05) is 5.69 Å². The molecule has 3 N–H and O–H groups in total. The first-order valence-electron chi connectivity index (χ1n) is 6.60. The smallest absolute Gasteiger partial charge is 0.359 e. The summed E-state index contributed by atoms with van der Waals surface area (Å²) in [5, 5.41) is 10.7. The molecule has 0 spiro atoms. The van der Waals surface area contributed by atoms with Crippen LogP contribution in [0, 0.1) is 11.3 Å². The van der Waals surface area contributed by atoms with E-state index in [0.29, 0.717) is 11.3 Å². The molecule has 1 aromatic carbocycles. The van der Waals surface area contributed by atoms with E-state index in [1.807, 2.05) is 6.07 Å². The van der Waals surface area contributed by atoms with Gasteiger partial charge in [-0.2, -0.15) is 5.26 Å². The molecule has 0 aliphatic rings. The number of carbonyl (C=O) groups excluding carboxylic acids is 2. The lowest BCUT2D eigenvalue weighted by Crippen LogP contribution is -2.21. The van der Waals surface area contributed by atoms with Crippen molar-refractivity contribution in [3.8, 4) is 6.07 Å². The number of hydrogen-bond acceptors (Lipinski definition) is 6. The van der Waals surface area contributed by atoms with Crippen molar-refractivity contribution in [3.05, 3.63) is 50.7 Å². The van der Waals surface area contributed by atoms with Crippen molar-refractivity contribution in [2.75, 3.05) is 17.7 Å². The van der Waals surface area contributed by atoms with Gasteiger partial charge in [-0.3, -0.25) is 4.79 Å². The molecule has 1 aromatic heterocycles. The maximum Gasteiger partial charge on any atom is 0.359 e. The fraction of sp³-hybridized carbons (Fsp3) is 0.0667. The summed E-state index contributed by atoms with van der Waals surface area (Å²) in [4.78, 5) is 27.5. The number of nitrogens with two attached hydrogens (primary N) is 1. The molecule has 0 aliphatic heterocycles. The summed E-state index contributed by atoms with van der Waals surface area (Å²) >= 11 is 17.4. The number of nitriles is 1. The minimum absolute atomic E-state index is 0.0817. The summed E-state index contributed by atoms with van der Waals surface area (Å²) < 4.78 is 4.83. The molecule has 2 aromatic rings. The molecule has 0 aliphatic carbocycles. The van der Waals surface area contributed by atoms with Crippen LogP contribution in [0.4, 0.5) is 11.4 Å². The predicted octanol–water partition coefficient (Wildman–Crippen LogP) is 3.29. The first-order valence-corrected chi connectivity index (χ1v) is 7.74. The topological polar surface area (TPSA) is 118 Å². The fourth-order valence-corrected chi connectivity index (χ4v) is 2.28. The van der Waals surface area contributed by atoms with E-state index in [9.17, 15) is 9.59 Å². The second-order valence-corrected chi connectivity index (χ2v) is 5.72. The molecule has 0 fully saturated rings. The summed E-state index contributed by atoms with van der Waals surface area (Å²) in [5.74, 6) is -1.58. The zero-order valence-corrected chi connectivity index (χ0v) is 14.6. The average molecular weight is 400 g/mol. The monoisotopic (exact) mass is 398 g/mol. The van der Waals surface area contributed by atoms with Crippen LogP contribution in [0.1, 0.15) is 16.1 Å². The Balaban J connectivity index is 2.00. The number of amides is 1. The van der Waals surface area contributed by atoms with Crippen LogP contribution in [0.2, 0.25) is 15.2 Å². The number of ether oxygens (including phenoxy) is 1. The van der Waals surface area contributed by atoms with E-state index in [1.54, 1.807) is 0 Å². The zero-order chi connectivity index (χ0) is 18.6. The van der Waals surface area contributed by atoms with Crippen molar-refractivity contribution >= 4 is 58.1 Å².